The molecule has 1 aliphatic heterocycles. The van der Waals surface area contributed by atoms with Crippen LogP contribution in [-0.2, 0) is 4.74 Å². The van der Waals surface area contributed by atoms with Crippen LogP contribution >= 0.6 is 0 Å². The summed E-state index contributed by atoms with van der Waals surface area (Å²) in [6.07, 6.45) is 1.12. The third-order valence-corrected chi connectivity index (χ3v) is 3.54. The zero-order chi connectivity index (χ0) is 14.0. The standard InChI is InChI=1S/C13H19N3O3/c1-8-4-5-16(7-11(8)19-3)13-14-9(2)6-10(15-13)12(17)18/h6,8,11H,4-5,7H2,1-3H3,(H,17,18). The first kappa shape index (κ1) is 13.7. The zero-order valence-electron chi connectivity index (χ0n) is 11.5. The molecule has 1 aliphatic rings. The van der Waals surface area contributed by atoms with E-state index in [1.165, 1.54) is 6.07 Å². The summed E-state index contributed by atoms with van der Waals surface area (Å²) in [4.78, 5) is 21.5. The van der Waals surface area contributed by atoms with Gasteiger partial charge in [0, 0.05) is 25.9 Å². The zero-order valence-corrected chi connectivity index (χ0v) is 11.5. The number of aromatic nitrogens is 2. The Morgan fingerprint density at radius 1 is 1.53 bits per heavy atom. The lowest BCUT2D eigenvalue weighted by atomic mass is 9.96. The fraction of sp³-hybridized carbons (Fsp3) is 0.615. The predicted octanol–water partition coefficient (Wildman–Crippen LogP) is 1.34. The Bertz CT molecular complexity index is 478. The summed E-state index contributed by atoms with van der Waals surface area (Å²) in [5.41, 5.74) is 0.699. The summed E-state index contributed by atoms with van der Waals surface area (Å²) in [5, 5.41) is 9.04. The summed E-state index contributed by atoms with van der Waals surface area (Å²) >= 11 is 0. The van der Waals surface area contributed by atoms with E-state index in [0.29, 0.717) is 24.1 Å². The maximum Gasteiger partial charge on any atom is 0.354 e. The van der Waals surface area contributed by atoms with Crippen LogP contribution in [0, 0.1) is 12.8 Å². The largest absolute Gasteiger partial charge is 0.477 e. The van der Waals surface area contributed by atoms with Gasteiger partial charge in [0.1, 0.15) is 0 Å². The number of hydrogen-bond donors (Lipinski definition) is 1. The molecule has 0 saturated carbocycles. The number of carboxylic acid groups (broad SMARTS) is 1. The van der Waals surface area contributed by atoms with Crippen LogP contribution in [0.25, 0.3) is 0 Å². The Morgan fingerprint density at radius 2 is 2.26 bits per heavy atom. The second-order valence-corrected chi connectivity index (χ2v) is 4.99. The van der Waals surface area contributed by atoms with Crippen molar-refractivity contribution in [1.29, 1.82) is 0 Å². The molecule has 0 aromatic carbocycles. The van der Waals surface area contributed by atoms with Crippen molar-refractivity contribution in [3.05, 3.63) is 17.5 Å². The minimum Gasteiger partial charge on any atom is -0.477 e. The lowest BCUT2D eigenvalue weighted by Crippen LogP contribution is -2.44. The number of rotatable bonds is 3. The van der Waals surface area contributed by atoms with Crippen molar-refractivity contribution >= 4 is 11.9 Å². The maximum absolute atomic E-state index is 11.0. The number of ether oxygens (including phenoxy) is 1. The monoisotopic (exact) mass is 265 g/mol. The number of piperidine rings is 1. The van der Waals surface area contributed by atoms with Crippen molar-refractivity contribution < 1.29 is 14.6 Å². The van der Waals surface area contributed by atoms with E-state index in [1.807, 2.05) is 4.90 Å². The molecule has 0 bridgehead atoms. The van der Waals surface area contributed by atoms with Gasteiger partial charge in [0.05, 0.1) is 6.10 Å². The SMILES string of the molecule is COC1CN(c2nc(C)cc(C(=O)O)n2)CCC1C. The van der Waals surface area contributed by atoms with E-state index in [0.717, 1.165) is 13.0 Å². The topological polar surface area (TPSA) is 75.5 Å². The molecule has 1 aromatic rings. The van der Waals surface area contributed by atoms with Gasteiger partial charge in [-0.05, 0) is 25.3 Å². The number of nitrogens with zero attached hydrogens (tertiary/aromatic N) is 3. The van der Waals surface area contributed by atoms with E-state index in [-0.39, 0.29) is 11.8 Å². The molecule has 0 aliphatic carbocycles. The van der Waals surface area contributed by atoms with Gasteiger partial charge in [-0.15, -0.1) is 0 Å². The molecular formula is C13H19N3O3. The molecule has 0 spiro atoms. The molecule has 2 atom stereocenters. The number of carboxylic acids is 1. The number of methoxy groups -OCH3 is 1. The molecule has 104 valence electrons. The predicted molar refractivity (Wildman–Crippen MR) is 70.5 cm³/mol. The molecule has 1 saturated heterocycles. The van der Waals surface area contributed by atoms with E-state index in [4.69, 9.17) is 9.84 Å². The Kier molecular flexibility index (Phi) is 3.99. The Labute approximate surface area is 112 Å². The van der Waals surface area contributed by atoms with Gasteiger partial charge in [0.2, 0.25) is 5.95 Å². The number of anilines is 1. The molecule has 1 fully saturated rings. The molecule has 6 heteroatoms. The quantitative estimate of drug-likeness (QED) is 0.889. The Balaban J connectivity index is 2.24. The van der Waals surface area contributed by atoms with Crippen LogP contribution in [0.15, 0.2) is 6.07 Å². The van der Waals surface area contributed by atoms with Gasteiger partial charge in [-0.3, -0.25) is 0 Å². The highest BCUT2D eigenvalue weighted by Crippen LogP contribution is 2.22. The van der Waals surface area contributed by atoms with E-state index in [1.54, 1.807) is 14.0 Å². The first-order valence-corrected chi connectivity index (χ1v) is 6.38. The summed E-state index contributed by atoms with van der Waals surface area (Å²) in [6.45, 7) is 5.45. The fourth-order valence-electron chi connectivity index (χ4n) is 2.33. The molecule has 0 amide bonds. The summed E-state index contributed by atoms with van der Waals surface area (Å²) in [6, 6.07) is 1.48. The van der Waals surface area contributed by atoms with Crippen molar-refractivity contribution in [2.75, 3.05) is 25.1 Å². The highest BCUT2D eigenvalue weighted by molar-refractivity contribution is 5.85. The summed E-state index contributed by atoms with van der Waals surface area (Å²) < 4.78 is 5.45. The number of carbonyl (C=O) groups is 1. The first-order chi connectivity index (χ1) is 9.01. The first-order valence-electron chi connectivity index (χ1n) is 6.38. The minimum absolute atomic E-state index is 0.0371. The fourth-order valence-corrected chi connectivity index (χ4v) is 2.33. The average molecular weight is 265 g/mol. The molecule has 6 nitrogen and oxygen atoms in total. The molecule has 1 aromatic heterocycles. The Morgan fingerprint density at radius 3 is 2.89 bits per heavy atom. The van der Waals surface area contributed by atoms with Crippen LogP contribution in [0.5, 0.6) is 0 Å². The summed E-state index contributed by atoms with van der Waals surface area (Å²) in [7, 11) is 1.70. The van der Waals surface area contributed by atoms with Crippen LogP contribution < -0.4 is 4.90 Å². The van der Waals surface area contributed by atoms with E-state index in [2.05, 4.69) is 16.9 Å². The van der Waals surface area contributed by atoms with E-state index in [9.17, 15) is 4.79 Å². The Hall–Kier alpha value is -1.69. The van der Waals surface area contributed by atoms with Gasteiger partial charge in [-0.2, -0.15) is 0 Å². The van der Waals surface area contributed by atoms with Crippen LogP contribution in [0.1, 0.15) is 29.5 Å². The van der Waals surface area contributed by atoms with E-state index < -0.39 is 5.97 Å². The highest BCUT2D eigenvalue weighted by Gasteiger charge is 2.27. The van der Waals surface area contributed by atoms with Crippen molar-refractivity contribution in [1.82, 2.24) is 9.97 Å². The number of hydrogen-bond acceptors (Lipinski definition) is 5. The smallest absolute Gasteiger partial charge is 0.354 e. The van der Waals surface area contributed by atoms with Gasteiger partial charge in [-0.1, -0.05) is 6.92 Å². The normalized spacial score (nSPS) is 23.4. The van der Waals surface area contributed by atoms with Crippen molar-refractivity contribution in [3.63, 3.8) is 0 Å². The molecule has 2 unspecified atom stereocenters. The lowest BCUT2D eigenvalue weighted by molar-refractivity contribution is 0.0494. The average Bonchev–Trinajstić information content (AvgIpc) is 2.38. The second kappa shape index (κ2) is 5.52. The molecule has 2 heterocycles. The van der Waals surface area contributed by atoms with Crippen molar-refractivity contribution in [2.45, 2.75) is 26.4 Å². The van der Waals surface area contributed by atoms with Gasteiger partial charge in [0.15, 0.2) is 5.69 Å². The van der Waals surface area contributed by atoms with Crippen LogP contribution in [-0.4, -0.2) is 47.3 Å². The molecule has 0 radical (unpaired) electrons. The van der Waals surface area contributed by atoms with Gasteiger partial charge < -0.3 is 14.7 Å². The third-order valence-electron chi connectivity index (χ3n) is 3.54. The second-order valence-electron chi connectivity index (χ2n) is 4.99. The molecular weight excluding hydrogens is 246 g/mol. The third kappa shape index (κ3) is 3.01. The van der Waals surface area contributed by atoms with Gasteiger partial charge >= 0.3 is 5.97 Å². The van der Waals surface area contributed by atoms with Crippen molar-refractivity contribution in [2.24, 2.45) is 5.92 Å². The maximum atomic E-state index is 11.0. The highest BCUT2D eigenvalue weighted by atomic mass is 16.5. The lowest BCUT2D eigenvalue weighted by Gasteiger charge is -2.36. The van der Waals surface area contributed by atoms with Crippen LogP contribution in [0.2, 0.25) is 0 Å². The summed E-state index contributed by atoms with van der Waals surface area (Å²) in [5.74, 6) is -0.0585. The number of aromatic carboxylic acids is 1. The molecule has 19 heavy (non-hydrogen) atoms. The van der Waals surface area contributed by atoms with Gasteiger partial charge in [0.25, 0.3) is 0 Å². The minimum atomic E-state index is -1.03. The molecule has 2 rings (SSSR count). The van der Waals surface area contributed by atoms with Crippen LogP contribution in [0.4, 0.5) is 5.95 Å². The van der Waals surface area contributed by atoms with Gasteiger partial charge in [-0.25, -0.2) is 14.8 Å². The van der Waals surface area contributed by atoms with Crippen molar-refractivity contribution in [3.8, 4) is 0 Å². The number of aryl methyl sites for hydroxylation is 1. The van der Waals surface area contributed by atoms with E-state index >= 15 is 0 Å². The molecule has 1 N–H and O–H groups in total. The van der Waals surface area contributed by atoms with Crippen LogP contribution in [0.3, 0.4) is 0 Å².